The Kier molecular flexibility index (Phi) is 26.4. The number of rotatable bonds is 17. The number of benzene rings is 2. The summed E-state index contributed by atoms with van der Waals surface area (Å²) in [4.78, 5) is 38.6. The predicted octanol–water partition coefficient (Wildman–Crippen LogP) is 7.44. The van der Waals surface area contributed by atoms with Gasteiger partial charge in [0, 0.05) is 64.9 Å². The van der Waals surface area contributed by atoms with Gasteiger partial charge in [-0.15, -0.1) is 4.98 Å². The van der Waals surface area contributed by atoms with Crippen LogP contribution in [0.5, 0.6) is 17.6 Å². The van der Waals surface area contributed by atoms with Crippen LogP contribution in [-0.2, 0) is 38.0 Å². The normalized spacial score (nSPS) is 11.1. The smallest absolute Gasteiger partial charge is 0.297 e. The van der Waals surface area contributed by atoms with Crippen molar-refractivity contribution in [1.82, 2.24) is 53.8 Å². The highest BCUT2D eigenvalue weighted by Crippen LogP contribution is 2.31. The number of methoxy groups -OCH3 is 4. The summed E-state index contributed by atoms with van der Waals surface area (Å²) in [6.45, 7) is 3.37. The van der Waals surface area contributed by atoms with E-state index in [-0.39, 0.29) is 22.0 Å². The molecule has 0 spiro atoms. The van der Waals surface area contributed by atoms with Crippen molar-refractivity contribution in [1.29, 1.82) is 0 Å². The topological polar surface area (TPSA) is 305 Å². The molecule has 24 nitrogen and oxygen atoms in total. The third kappa shape index (κ3) is 18.5. The first-order valence-electron chi connectivity index (χ1n) is 22.6. The lowest BCUT2D eigenvalue weighted by molar-refractivity contribution is 0.135. The monoisotopic (exact) mass is 1380 g/mol. The molecule has 0 saturated heterocycles. The van der Waals surface area contributed by atoms with E-state index in [2.05, 4.69) is 88.7 Å². The number of hydrogen-bond acceptors (Lipinski definition) is 21. The molecule has 0 atom stereocenters. The summed E-state index contributed by atoms with van der Waals surface area (Å²) < 4.78 is 85.5. The number of hydrogen-bond donors (Lipinski definition) is 4. The standard InChI is InChI=1S/C15H14IN3O4S.C9H10IN3O2.C9H11N3O2.C6H3ClN3.C6H5ClO2S.C3H8O2/c1-22-7-8-23-15-13-12(16)9-19(14(13)17-10-18-15)24(20,21)11-5-3-2-4-6-11;1-14-2-3-15-9-7-6(10)4-11-8(7)12-5-13-9;1-13-4-5-14-9-7-2-3-10-8(7)11-6-12-9;7-5-4-1-2-8-6(4)10-3-9-5;7-10(8,9)6-4-2-1-3-5-6;1-5-3-2-4/h2-6,9-10H,7-8H2,1H3;4-5H,2-3H2,1H3,(H,11,12,13);2-3,6H,4-5H2,1H3,(H,10,11,12);1,3H,(H,8,9,10);1-5H;4H,2-3H2,1H3/q;;;+1;;. The summed E-state index contributed by atoms with van der Waals surface area (Å²) in [5.74, 6) is 2.25. The van der Waals surface area contributed by atoms with Crippen LogP contribution < -0.4 is 19.5 Å². The molecule has 0 bridgehead atoms. The summed E-state index contributed by atoms with van der Waals surface area (Å²) in [6.07, 6.45) is 15.3. The Balaban J connectivity index is 0.000000182. The quantitative estimate of drug-likeness (QED) is 0.0226. The molecular formula is C48H51Cl2I2N12O12S2+. The van der Waals surface area contributed by atoms with Crippen molar-refractivity contribution in [2.45, 2.75) is 9.79 Å². The Bertz CT molecular complexity index is 3510. The van der Waals surface area contributed by atoms with E-state index < -0.39 is 19.1 Å². The van der Waals surface area contributed by atoms with Gasteiger partial charge in [-0.05, 0) is 87.1 Å². The highest BCUT2D eigenvalue weighted by Gasteiger charge is 2.24. The second-order valence-electron chi connectivity index (χ2n) is 14.8. The molecule has 0 saturated carbocycles. The van der Waals surface area contributed by atoms with Gasteiger partial charge >= 0.3 is 0 Å². The van der Waals surface area contributed by atoms with Gasteiger partial charge in [-0.1, -0.05) is 36.4 Å². The van der Waals surface area contributed by atoms with Crippen molar-refractivity contribution in [2.75, 3.05) is 86.6 Å². The number of fused-ring (bicyclic) bond motifs is 4. The third-order valence-corrected chi connectivity index (χ3v) is 14.6. The van der Waals surface area contributed by atoms with Gasteiger partial charge in [0.2, 0.25) is 28.4 Å². The summed E-state index contributed by atoms with van der Waals surface area (Å²) in [5.41, 5.74) is 2.67. The van der Waals surface area contributed by atoms with Crippen LogP contribution >= 0.6 is 67.5 Å². The average Bonchev–Trinajstić information content (AvgIpc) is 4.32. The molecule has 9 aromatic rings. The van der Waals surface area contributed by atoms with E-state index in [4.69, 9.17) is 55.8 Å². The minimum absolute atomic E-state index is 0.122. The molecule has 30 heteroatoms. The second-order valence-corrected chi connectivity index (χ2v) is 21.8. The molecule has 78 heavy (non-hydrogen) atoms. The van der Waals surface area contributed by atoms with E-state index in [9.17, 15) is 16.8 Å². The van der Waals surface area contributed by atoms with Gasteiger partial charge in [0.1, 0.15) is 68.7 Å². The van der Waals surface area contributed by atoms with Crippen LogP contribution in [0.1, 0.15) is 5.56 Å². The molecule has 8 heterocycles. The van der Waals surface area contributed by atoms with Crippen molar-refractivity contribution >= 4 is 132 Å². The number of anilines is 1. The Morgan fingerprint density at radius 3 is 1.71 bits per heavy atom. The van der Waals surface area contributed by atoms with Crippen LogP contribution in [0.3, 0.4) is 0 Å². The van der Waals surface area contributed by atoms with Gasteiger partial charge in [-0.25, -0.2) is 55.7 Å². The maximum atomic E-state index is 12.9. The van der Waals surface area contributed by atoms with E-state index >= 15 is 0 Å². The Labute approximate surface area is 485 Å². The lowest BCUT2D eigenvalue weighted by Crippen LogP contribution is -2.12. The molecule has 1 aliphatic rings. The lowest BCUT2D eigenvalue weighted by Gasteiger charge is -2.08. The Hall–Kier alpha value is -6.03. The number of nitrogens with one attached hydrogen (secondary N) is 3. The van der Waals surface area contributed by atoms with Crippen LogP contribution in [0.15, 0.2) is 120 Å². The molecule has 2 aromatic carbocycles. The Morgan fingerprint density at radius 2 is 1.15 bits per heavy atom. The first kappa shape index (κ1) is 62.8. The molecule has 7 aromatic heterocycles. The fraction of sp³-hybridized carbons (Fsp3) is 0.250. The first-order chi connectivity index (χ1) is 37.7. The number of halogens is 4. The van der Waals surface area contributed by atoms with Crippen molar-refractivity contribution in [3.8, 4) is 17.6 Å². The summed E-state index contributed by atoms with van der Waals surface area (Å²) in [6, 6.07) is 18.0. The van der Waals surface area contributed by atoms with Crippen molar-refractivity contribution < 1.29 is 55.1 Å². The van der Waals surface area contributed by atoms with Crippen LogP contribution in [0, 0.1) is 13.3 Å². The molecule has 0 unspecified atom stereocenters. The lowest BCUT2D eigenvalue weighted by atomic mass is 10.3. The van der Waals surface area contributed by atoms with Crippen LogP contribution in [0.4, 0.5) is 5.82 Å². The molecule has 414 valence electrons. The predicted molar refractivity (Wildman–Crippen MR) is 309 cm³/mol. The van der Waals surface area contributed by atoms with Gasteiger partial charge in [0.15, 0.2) is 5.65 Å². The maximum Gasteiger partial charge on any atom is 0.297 e. The molecule has 0 radical (unpaired) electrons. The number of aromatic amines is 2. The molecular weight excluding hydrogens is 1330 g/mol. The number of aromatic nitrogens is 11. The van der Waals surface area contributed by atoms with E-state index in [1.807, 2.05) is 41.1 Å². The van der Waals surface area contributed by atoms with Crippen molar-refractivity contribution in [2.24, 2.45) is 0 Å². The fourth-order valence-corrected chi connectivity index (χ4v) is 9.95. The Morgan fingerprint density at radius 1 is 0.615 bits per heavy atom. The van der Waals surface area contributed by atoms with Crippen LogP contribution in [-0.4, -0.2) is 157 Å². The highest BCUT2D eigenvalue weighted by molar-refractivity contribution is 14.1. The van der Waals surface area contributed by atoms with Crippen LogP contribution in [0.25, 0.3) is 39.2 Å². The largest absolute Gasteiger partial charge is 0.475 e. The number of ether oxygens (including phenoxy) is 7. The minimum atomic E-state index is -3.75. The average molecular weight is 1380 g/mol. The molecule has 0 amide bonds. The third-order valence-electron chi connectivity index (χ3n) is 9.62. The number of H-pyrrole nitrogens is 2. The SMILES string of the molecule is COCCO.COCCOc1ncnc2[nH]cc(I)c12.COCCOc1ncnc2[nH]ccc12.COCCOc1ncnc2c1c(I)cn2S(=O)(=O)c1ccccc1.Clc1ncnc2c1C=[C+]N2.O=S(=O)(Cl)c1ccccc1. The molecule has 0 fully saturated rings. The van der Waals surface area contributed by atoms with E-state index in [0.29, 0.717) is 78.0 Å². The highest BCUT2D eigenvalue weighted by atomic mass is 127. The molecule has 1 aliphatic heterocycles. The van der Waals surface area contributed by atoms with Gasteiger partial charge < -0.3 is 48.2 Å². The van der Waals surface area contributed by atoms with E-state index in [0.717, 1.165) is 41.0 Å². The first-order valence-corrected chi connectivity index (χ1v) is 28.9. The summed E-state index contributed by atoms with van der Waals surface area (Å²) in [7, 11) is 4.15. The van der Waals surface area contributed by atoms with E-state index in [1.165, 1.54) is 43.6 Å². The van der Waals surface area contributed by atoms with Gasteiger partial charge in [0.05, 0.1) is 59.0 Å². The molecule has 0 aliphatic carbocycles. The summed E-state index contributed by atoms with van der Waals surface area (Å²) in [5, 5.41) is 13.6. The van der Waals surface area contributed by atoms with Gasteiger partial charge in [-0.2, -0.15) is 5.32 Å². The number of aliphatic hydroxyl groups is 1. The fourth-order valence-electron chi connectivity index (χ4n) is 6.05. The van der Waals surface area contributed by atoms with E-state index in [1.54, 1.807) is 83.0 Å². The second kappa shape index (κ2) is 32.8. The zero-order chi connectivity index (χ0) is 56.3. The molecule has 4 N–H and O–H groups in total. The van der Waals surface area contributed by atoms with Gasteiger partial charge in [-0.3, -0.25) is 0 Å². The molecule has 10 rings (SSSR count). The van der Waals surface area contributed by atoms with Crippen LogP contribution in [0.2, 0.25) is 5.15 Å². The zero-order valence-corrected chi connectivity index (χ0v) is 49.4. The van der Waals surface area contributed by atoms with Crippen molar-refractivity contribution in [3.05, 3.63) is 135 Å². The van der Waals surface area contributed by atoms with Gasteiger partial charge in [0.25, 0.3) is 24.9 Å². The minimum Gasteiger partial charge on any atom is -0.475 e. The number of aliphatic hydroxyl groups excluding tert-OH is 1. The maximum absolute atomic E-state index is 12.9. The number of nitrogens with zero attached hydrogens (tertiary/aromatic N) is 9. The summed E-state index contributed by atoms with van der Waals surface area (Å²) >= 11 is 9.97. The van der Waals surface area contributed by atoms with Crippen molar-refractivity contribution in [3.63, 3.8) is 0 Å². The zero-order valence-electron chi connectivity index (χ0n) is 41.9.